The predicted octanol–water partition coefficient (Wildman–Crippen LogP) is 2.94. The van der Waals surface area contributed by atoms with Gasteiger partial charge >= 0.3 is 5.97 Å². The van der Waals surface area contributed by atoms with Gasteiger partial charge in [-0.05, 0) is 24.5 Å². The highest BCUT2D eigenvalue weighted by molar-refractivity contribution is 5.93. The zero-order valence-corrected chi connectivity index (χ0v) is 11.8. The van der Waals surface area contributed by atoms with Crippen LogP contribution >= 0.6 is 0 Å². The number of ether oxygens (including phenoxy) is 1. The van der Waals surface area contributed by atoms with Gasteiger partial charge in [0.1, 0.15) is 5.56 Å². The van der Waals surface area contributed by atoms with Crippen LogP contribution in [0.15, 0.2) is 12.1 Å². The van der Waals surface area contributed by atoms with Crippen LogP contribution in [0.1, 0.15) is 48.5 Å². The Bertz CT molecular complexity index is 442. The van der Waals surface area contributed by atoms with Crippen molar-refractivity contribution in [3.8, 4) is 11.5 Å². The lowest BCUT2D eigenvalue weighted by atomic mass is 10.0. The molecule has 112 valence electrons. The van der Waals surface area contributed by atoms with E-state index in [4.69, 9.17) is 9.84 Å². The van der Waals surface area contributed by atoms with Gasteiger partial charge in [-0.15, -0.1) is 0 Å². The highest BCUT2D eigenvalue weighted by Gasteiger charge is 2.18. The van der Waals surface area contributed by atoms with E-state index < -0.39 is 17.5 Å². The number of phenols is 2. The molecule has 1 rings (SSSR count). The number of phenolic OH excluding ortho intramolecular Hbond substituents is 1. The first-order valence-corrected chi connectivity index (χ1v) is 6.92. The number of carbonyl (C=O) groups is 1. The van der Waals surface area contributed by atoms with Crippen molar-refractivity contribution in [3.63, 3.8) is 0 Å². The second-order valence-electron chi connectivity index (χ2n) is 4.70. The van der Waals surface area contributed by atoms with Crippen LogP contribution in [-0.4, -0.2) is 34.5 Å². The third-order valence-corrected chi connectivity index (χ3v) is 3.11. The number of aromatic hydroxyl groups is 2. The number of unbranched alkanes of at least 4 members (excludes halogenated alkanes) is 3. The molecule has 0 saturated heterocycles. The zero-order chi connectivity index (χ0) is 15.0. The molecule has 0 heterocycles. The molecule has 0 bridgehead atoms. The summed E-state index contributed by atoms with van der Waals surface area (Å²) in [5.41, 5.74) is 0.209. The van der Waals surface area contributed by atoms with E-state index in [-0.39, 0.29) is 5.56 Å². The van der Waals surface area contributed by atoms with Gasteiger partial charge in [-0.25, -0.2) is 4.79 Å². The fourth-order valence-electron chi connectivity index (χ4n) is 1.98. The highest BCUT2D eigenvalue weighted by Crippen LogP contribution is 2.31. The number of hydrogen-bond acceptors (Lipinski definition) is 4. The second kappa shape index (κ2) is 8.43. The summed E-state index contributed by atoms with van der Waals surface area (Å²) in [6.45, 7) is 3.20. The predicted molar refractivity (Wildman–Crippen MR) is 75.4 cm³/mol. The normalized spacial score (nSPS) is 10.7. The summed E-state index contributed by atoms with van der Waals surface area (Å²) < 4.78 is 5.45. The van der Waals surface area contributed by atoms with E-state index in [1.54, 1.807) is 0 Å². The van der Waals surface area contributed by atoms with Gasteiger partial charge in [-0.3, -0.25) is 0 Å². The first-order chi connectivity index (χ1) is 9.57. The molecule has 0 aliphatic carbocycles. The molecule has 20 heavy (non-hydrogen) atoms. The van der Waals surface area contributed by atoms with E-state index in [9.17, 15) is 15.0 Å². The Hall–Kier alpha value is -1.75. The summed E-state index contributed by atoms with van der Waals surface area (Å²) in [6.07, 6.45) is 4.90. The van der Waals surface area contributed by atoms with Crippen LogP contribution in [0.3, 0.4) is 0 Å². The maximum absolute atomic E-state index is 11.1. The third-order valence-electron chi connectivity index (χ3n) is 3.11. The van der Waals surface area contributed by atoms with Gasteiger partial charge < -0.3 is 20.1 Å². The third kappa shape index (κ3) is 4.74. The number of carboxylic acid groups (broad SMARTS) is 1. The van der Waals surface area contributed by atoms with Gasteiger partial charge in [0.25, 0.3) is 0 Å². The van der Waals surface area contributed by atoms with Crippen LogP contribution in [0.4, 0.5) is 0 Å². The monoisotopic (exact) mass is 282 g/mol. The minimum Gasteiger partial charge on any atom is -0.504 e. The SMILES string of the molecule is CCCCCCOCCc1ccc(O)c(O)c1C(=O)O. The molecule has 5 nitrogen and oxygen atoms in total. The minimum atomic E-state index is -1.25. The molecular formula is C15H22O5. The summed E-state index contributed by atoms with van der Waals surface area (Å²) in [6, 6.07) is 2.79. The van der Waals surface area contributed by atoms with Crippen molar-refractivity contribution in [2.75, 3.05) is 13.2 Å². The molecule has 0 amide bonds. The molecule has 1 aromatic rings. The molecule has 0 aliphatic rings. The zero-order valence-electron chi connectivity index (χ0n) is 11.8. The molecule has 0 radical (unpaired) electrons. The number of hydrogen-bond donors (Lipinski definition) is 3. The summed E-state index contributed by atoms with van der Waals surface area (Å²) in [5.74, 6) is -2.26. The summed E-state index contributed by atoms with van der Waals surface area (Å²) >= 11 is 0. The largest absolute Gasteiger partial charge is 0.504 e. The minimum absolute atomic E-state index is 0.250. The van der Waals surface area contributed by atoms with E-state index in [0.29, 0.717) is 25.2 Å². The van der Waals surface area contributed by atoms with E-state index in [1.165, 1.54) is 25.0 Å². The average molecular weight is 282 g/mol. The van der Waals surface area contributed by atoms with Gasteiger partial charge in [0.05, 0.1) is 6.61 Å². The molecular weight excluding hydrogens is 260 g/mol. The van der Waals surface area contributed by atoms with Crippen molar-refractivity contribution in [2.24, 2.45) is 0 Å². The molecule has 0 spiro atoms. The van der Waals surface area contributed by atoms with Gasteiger partial charge in [-0.1, -0.05) is 32.3 Å². The molecule has 1 aromatic carbocycles. The standard InChI is InChI=1S/C15H22O5/c1-2-3-4-5-9-20-10-8-11-6-7-12(16)14(17)13(11)15(18)19/h6-7,16-17H,2-5,8-10H2,1H3,(H,18,19). The van der Waals surface area contributed by atoms with E-state index in [0.717, 1.165) is 12.8 Å². The molecule has 0 unspecified atom stereocenters. The first kappa shape index (κ1) is 16.3. The lowest BCUT2D eigenvalue weighted by Gasteiger charge is -2.09. The van der Waals surface area contributed by atoms with Crippen LogP contribution in [0.25, 0.3) is 0 Å². The number of aromatic carboxylic acids is 1. The van der Waals surface area contributed by atoms with Gasteiger partial charge in [-0.2, -0.15) is 0 Å². The van der Waals surface area contributed by atoms with Crippen LogP contribution in [0, 0.1) is 0 Å². The van der Waals surface area contributed by atoms with Gasteiger partial charge in [0.2, 0.25) is 0 Å². The Morgan fingerprint density at radius 2 is 1.90 bits per heavy atom. The van der Waals surface area contributed by atoms with Crippen molar-refractivity contribution < 1.29 is 24.9 Å². The van der Waals surface area contributed by atoms with Crippen LogP contribution < -0.4 is 0 Å². The summed E-state index contributed by atoms with van der Waals surface area (Å²) in [4.78, 5) is 11.1. The molecule has 0 aliphatic heterocycles. The lowest BCUT2D eigenvalue weighted by molar-refractivity contribution is 0.0690. The van der Waals surface area contributed by atoms with E-state index >= 15 is 0 Å². The number of rotatable bonds is 9. The van der Waals surface area contributed by atoms with Gasteiger partial charge in [0, 0.05) is 6.61 Å². The Balaban J connectivity index is 2.48. The Labute approximate surface area is 118 Å². The Morgan fingerprint density at radius 3 is 2.55 bits per heavy atom. The summed E-state index contributed by atoms with van der Waals surface area (Å²) in [7, 11) is 0. The van der Waals surface area contributed by atoms with Crippen molar-refractivity contribution in [2.45, 2.75) is 39.0 Å². The second-order valence-corrected chi connectivity index (χ2v) is 4.70. The molecule has 5 heteroatoms. The van der Waals surface area contributed by atoms with Crippen LogP contribution in [0.5, 0.6) is 11.5 Å². The molecule has 0 saturated carbocycles. The fraction of sp³-hybridized carbons (Fsp3) is 0.533. The van der Waals surface area contributed by atoms with Crippen molar-refractivity contribution in [3.05, 3.63) is 23.3 Å². The average Bonchev–Trinajstić information content (AvgIpc) is 2.41. The van der Waals surface area contributed by atoms with Crippen molar-refractivity contribution >= 4 is 5.97 Å². The number of benzene rings is 1. The summed E-state index contributed by atoms with van der Waals surface area (Å²) in [5, 5.41) is 28.0. The van der Waals surface area contributed by atoms with Gasteiger partial charge in [0.15, 0.2) is 11.5 Å². The Kier molecular flexibility index (Phi) is 6.87. The highest BCUT2D eigenvalue weighted by atomic mass is 16.5. The van der Waals surface area contributed by atoms with Crippen LogP contribution in [-0.2, 0) is 11.2 Å². The van der Waals surface area contributed by atoms with Crippen molar-refractivity contribution in [1.29, 1.82) is 0 Å². The smallest absolute Gasteiger partial charge is 0.339 e. The molecule has 3 N–H and O–H groups in total. The van der Waals surface area contributed by atoms with E-state index in [1.807, 2.05) is 0 Å². The quantitative estimate of drug-likeness (QED) is 0.479. The maximum atomic E-state index is 11.1. The van der Waals surface area contributed by atoms with E-state index in [2.05, 4.69) is 6.92 Å². The lowest BCUT2D eigenvalue weighted by Crippen LogP contribution is -2.07. The molecule has 0 fully saturated rings. The Morgan fingerprint density at radius 1 is 1.15 bits per heavy atom. The van der Waals surface area contributed by atoms with Crippen LogP contribution in [0.2, 0.25) is 0 Å². The molecule has 0 aromatic heterocycles. The number of carboxylic acids is 1. The van der Waals surface area contributed by atoms with Crippen molar-refractivity contribution in [1.82, 2.24) is 0 Å². The topological polar surface area (TPSA) is 87.0 Å². The molecule has 0 atom stereocenters. The first-order valence-electron chi connectivity index (χ1n) is 6.92. The fourth-order valence-corrected chi connectivity index (χ4v) is 1.98. The maximum Gasteiger partial charge on any atom is 0.339 e.